The highest BCUT2D eigenvalue weighted by Crippen LogP contribution is 2.26. The molecule has 1 aromatic rings. The van der Waals surface area contributed by atoms with E-state index in [1.807, 2.05) is 12.1 Å². The van der Waals surface area contributed by atoms with Crippen molar-refractivity contribution in [3.63, 3.8) is 0 Å². The molecule has 0 aliphatic carbocycles. The van der Waals surface area contributed by atoms with E-state index in [1.165, 1.54) is 0 Å². The monoisotopic (exact) mass is 258 g/mol. The Kier molecular flexibility index (Phi) is 3.10. The summed E-state index contributed by atoms with van der Waals surface area (Å²) in [6.45, 7) is 1.91. The maximum atomic E-state index is 12.4. The highest BCUT2D eigenvalue weighted by atomic mass is 16.5. The van der Waals surface area contributed by atoms with Gasteiger partial charge in [-0.15, -0.1) is 0 Å². The molecule has 0 bridgehead atoms. The minimum atomic E-state index is -0.495. The molecule has 98 valence electrons. The van der Waals surface area contributed by atoms with E-state index in [9.17, 15) is 4.79 Å². The van der Waals surface area contributed by atoms with Crippen molar-refractivity contribution in [2.45, 2.75) is 12.5 Å². The van der Waals surface area contributed by atoms with Crippen LogP contribution in [0.3, 0.4) is 0 Å². The Morgan fingerprint density at radius 3 is 3.16 bits per heavy atom. The molecular weight excluding hydrogens is 244 g/mol. The summed E-state index contributed by atoms with van der Waals surface area (Å²) in [5.41, 5.74) is 1.68. The van der Waals surface area contributed by atoms with Gasteiger partial charge in [-0.1, -0.05) is 0 Å². The van der Waals surface area contributed by atoms with Crippen molar-refractivity contribution < 1.29 is 14.3 Å². The second-order valence-corrected chi connectivity index (χ2v) is 4.64. The molecular formula is C14H14N2O3. The van der Waals surface area contributed by atoms with Crippen LogP contribution in [0.5, 0.6) is 5.75 Å². The van der Waals surface area contributed by atoms with Gasteiger partial charge >= 0.3 is 0 Å². The van der Waals surface area contributed by atoms with Gasteiger partial charge in [0, 0.05) is 18.5 Å². The second-order valence-electron chi connectivity index (χ2n) is 4.64. The molecule has 1 atom stereocenters. The van der Waals surface area contributed by atoms with Gasteiger partial charge in [-0.25, -0.2) is 0 Å². The SMILES string of the molecule is N#C[C@@H]1COCCN1C(=O)c1ccc2c(c1)CCO2. The normalized spacial score (nSPS) is 21.4. The molecule has 2 aliphatic rings. The predicted octanol–water partition coefficient (Wildman–Crippen LogP) is 0.986. The summed E-state index contributed by atoms with van der Waals surface area (Å²) in [4.78, 5) is 14.0. The average Bonchev–Trinajstić information content (AvgIpc) is 2.93. The van der Waals surface area contributed by atoms with E-state index in [-0.39, 0.29) is 12.5 Å². The summed E-state index contributed by atoms with van der Waals surface area (Å²) in [7, 11) is 0. The van der Waals surface area contributed by atoms with E-state index in [0.29, 0.717) is 25.3 Å². The van der Waals surface area contributed by atoms with Crippen LogP contribution < -0.4 is 4.74 Å². The smallest absolute Gasteiger partial charge is 0.255 e. The molecule has 3 rings (SSSR count). The number of carbonyl (C=O) groups excluding carboxylic acids is 1. The van der Waals surface area contributed by atoms with Crippen LogP contribution in [-0.4, -0.2) is 43.2 Å². The minimum absolute atomic E-state index is 0.107. The number of rotatable bonds is 1. The van der Waals surface area contributed by atoms with Gasteiger partial charge in [0.1, 0.15) is 11.8 Å². The van der Waals surface area contributed by atoms with E-state index < -0.39 is 6.04 Å². The van der Waals surface area contributed by atoms with E-state index >= 15 is 0 Å². The molecule has 0 aromatic heterocycles. The van der Waals surface area contributed by atoms with Crippen molar-refractivity contribution in [3.8, 4) is 11.8 Å². The van der Waals surface area contributed by atoms with Crippen LogP contribution in [0.4, 0.5) is 0 Å². The van der Waals surface area contributed by atoms with Crippen molar-refractivity contribution in [2.24, 2.45) is 0 Å². The van der Waals surface area contributed by atoms with Crippen LogP contribution in [0.25, 0.3) is 0 Å². The zero-order chi connectivity index (χ0) is 13.2. The summed E-state index contributed by atoms with van der Waals surface area (Å²) < 4.78 is 10.7. The van der Waals surface area contributed by atoms with E-state index in [1.54, 1.807) is 11.0 Å². The van der Waals surface area contributed by atoms with Crippen molar-refractivity contribution in [1.82, 2.24) is 4.90 Å². The lowest BCUT2D eigenvalue weighted by Crippen LogP contribution is -2.47. The van der Waals surface area contributed by atoms with Crippen molar-refractivity contribution in [3.05, 3.63) is 29.3 Å². The number of morpholine rings is 1. The Hall–Kier alpha value is -2.06. The van der Waals surface area contributed by atoms with Crippen LogP contribution in [0.2, 0.25) is 0 Å². The second kappa shape index (κ2) is 4.90. The third-order valence-electron chi connectivity index (χ3n) is 3.47. The summed E-state index contributed by atoms with van der Waals surface area (Å²) in [5.74, 6) is 0.750. The first kappa shape index (κ1) is 12.0. The predicted molar refractivity (Wildman–Crippen MR) is 66.9 cm³/mol. The molecule has 19 heavy (non-hydrogen) atoms. The Bertz CT molecular complexity index is 550. The standard InChI is InChI=1S/C14H14N2O3/c15-8-12-9-18-6-4-16(12)14(17)11-1-2-13-10(7-11)3-5-19-13/h1-2,7,12H,3-6,9H2/t12-/m1/s1. The first-order chi connectivity index (χ1) is 9.29. The van der Waals surface area contributed by atoms with Gasteiger partial charge in [0.05, 0.1) is 25.9 Å². The van der Waals surface area contributed by atoms with Crippen molar-refractivity contribution in [2.75, 3.05) is 26.4 Å². The van der Waals surface area contributed by atoms with Gasteiger partial charge in [0.15, 0.2) is 0 Å². The zero-order valence-corrected chi connectivity index (χ0v) is 10.5. The molecule has 1 saturated heterocycles. The van der Waals surface area contributed by atoms with Gasteiger partial charge in [-0.3, -0.25) is 4.79 Å². The summed E-state index contributed by atoms with van der Waals surface area (Å²) >= 11 is 0. The number of nitrogens with zero attached hydrogens (tertiary/aromatic N) is 2. The zero-order valence-electron chi connectivity index (χ0n) is 10.5. The fourth-order valence-corrected chi connectivity index (χ4v) is 2.44. The maximum Gasteiger partial charge on any atom is 0.255 e. The molecule has 0 radical (unpaired) electrons. The van der Waals surface area contributed by atoms with E-state index in [4.69, 9.17) is 14.7 Å². The highest BCUT2D eigenvalue weighted by molar-refractivity contribution is 5.95. The first-order valence-electron chi connectivity index (χ1n) is 6.33. The van der Waals surface area contributed by atoms with E-state index in [0.717, 1.165) is 17.7 Å². The number of hydrogen-bond donors (Lipinski definition) is 0. The molecule has 1 aromatic carbocycles. The van der Waals surface area contributed by atoms with Gasteiger partial charge < -0.3 is 14.4 Å². The van der Waals surface area contributed by atoms with Crippen LogP contribution in [-0.2, 0) is 11.2 Å². The summed E-state index contributed by atoms with van der Waals surface area (Å²) in [6, 6.07) is 7.08. The lowest BCUT2D eigenvalue weighted by Gasteiger charge is -2.31. The van der Waals surface area contributed by atoms with Crippen LogP contribution >= 0.6 is 0 Å². The van der Waals surface area contributed by atoms with Gasteiger partial charge in [-0.2, -0.15) is 5.26 Å². The number of amides is 1. The molecule has 5 nitrogen and oxygen atoms in total. The van der Waals surface area contributed by atoms with Gasteiger partial charge in [-0.05, 0) is 23.8 Å². The maximum absolute atomic E-state index is 12.4. The molecule has 1 amide bonds. The summed E-state index contributed by atoms with van der Waals surface area (Å²) in [5, 5.41) is 9.07. The molecule has 2 heterocycles. The Morgan fingerprint density at radius 2 is 2.32 bits per heavy atom. The van der Waals surface area contributed by atoms with Gasteiger partial charge in [0.2, 0.25) is 0 Å². The number of carbonyl (C=O) groups is 1. The first-order valence-corrected chi connectivity index (χ1v) is 6.33. The van der Waals surface area contributed by atoms with Crippen LogP contribution in [0, 0.1) is 11.3 Å². The Balaban J connectivity index is 1.85. The topological polar surface area (TPSA) is 62.6 Å². The molecule has 0 spiro atoms. The number of ether oxygens (including phenoxy) is 2. The Morgan fingerprint density at radius 1 is 1.42 bits per heavy atom. The number of nitriles is 1. The minimum Gasteiger partial charge on any atom is -0.493 e. The number of hydrogen-bond acceptors (Lipinski definition) is 4. The largest absolute Gasteiger partial charge is 0.493 e. The number of benzene rings is 1. The Labute approximate surface area is 111 Å². The average molecular weight is 258 g/mol. The lowest BCUT2D eigenvalue weighted by molar-refractivity contribution is 0.0132. The third-order valence-corrected chi connectivity index (χ3v) is 3.47. The molecule has 1 fully saturated rings. The molecule has 0 saturated carbocycles. The molecule has 0 unspecified atom stereocenters. The van der Waals surface area contributed by atoms with Crippen LogP contribution in [0.15, 0.2) is 18.2 Å². The third kappa shape index (κ3) is 2.15. The van der Waals surface area contributed by atoms with Crippen molar-refractivity contribution >= 4 is 5.91 Å². The van der Waals surface area contributed by atoms with Crippen molar-refractivity contribution in [1.29, 1.82) is 5.26 Å². The molecule has 5 heteroatoms. The lowest BCUT2D eigenvalue weighted by atomic mass is 10.1. The fourth-order valence-electron chi connectivity index (χ4n) is 2.44. The quantitative estimate of drug-likeness (QED) is 0.753. The summed E-state index contributed by atoms with van der Waals surface area (Å²) in [6.07, 6.45) is 0.835. The van der Waals surface area contributed by atoms with Gasteiger partial charge in [0.25, 0.3) is 5.91 Å². The fraction of sp³-hybridized carbons (Fsp3) is 0.429. The molecule has 0 N–H and O–H groups in total. The molecule has 2 aliphatic heterocycles. The number of fused-ring (bicyclic) bond motifs is 1. The van der Waals surface area contributed by atoms with Crippen LogP contribution in [0.1, 0.15) is 15.9 Å². The highest BCUT2D eigenvalue weighted by Gasteiger charge is 2.28. The van der Waals surface area contributed by atoms with E-state index in [2.05, 4.69) is 6.07 Å².